The van der Waals surface area contributed by atoms with Crippen LogP contribution in [0.4, 0.5) is 5.82 Å². The number of pyridine rings is 1. The van der Waals surface area contributed by atoms with Crippen molar-refractivity contribution in [3.8, 4) is 5.88 Å². The number of rotatable bonds is 1. The Kier molecular flexibility index (Phi) is 1.76. The Morgan fingerprint density at radius 2 is 2.10 bits per heavy atom. The van der Waals surface area contributed by atoms with Crippen LogP contribution in [0.15, 0.2) is 18.2 Å². The summed E-state index contributed by atoms with van der Waals surface area (Å²) in [7, 11) is 3.75. The molecule has 0 bridgehead atoms. The summed E-state index contributed by atoms with van der Waals surface area (Å²) in [6.45, 7) is 0. The highest BCUT2D eigenvalue weighted by atomic mass is 16.3. The van der Waals surface area contributed by atoms with Crippen molar-refractivity contribution in [2.45, 2.75) is 0 Å². The Morgan fingerprint density at radius 3 is 2.50 bits per heavy atom. The Labute approximate surface area is 59.9 Å². The van der Waals surface area contributed by atoms with Gasteiger partial charge in [-0.25, -0.2) is 0 Å². The molecular formula is C7H10N2O. The highest BCUT2D eigenvalue weighted by molar-refractivity contribution is 5.38. The fourth-order valence-corrected chi connectivity index (χ4v) is 0.661. The van der Waals surface area contributed by atoms with Crippen LogP contribution >= 0.6 is 0 Å². The molecule has 1 N–H and O–H groups in total. The van der Waals surface area contributed by atoms with Crippen molar-refractivity contribution < 1.29 is 5.11 Å². The first-order valence-corrected chi connectivity index (χ1v) is 3.03. The first-order chi connectivity index (χ1) is 4.70. The zero-order valence-corrected chi connectivity index (χ0v) is 6.07. The van der Waals surface area contributed by atoms with E-state index in [0.29, 0.717) is 0 Å². The minimum absolute atomic E-state index is 0.0613. The van der Waals surface area contributed by atoms with E-state index >= 15 is 0 Å². The van der Waals surface area contributed by atoms with Gasteiger partial charge in [0.25, 0.3) is 0 Å². The second-order valence-corrected chi connectivity index (χ2v) is 2.25. The minimum atomic E-state index is 0.0613. The molecule has 0 radical (unpaired) electrons. The van der Waals surface area contributed by atoms with Crippen LogP contribution in [0.3, 0.4) is 0 Å². The number of hydrogen-bond donors (Lipinski definition) is 1. The number of nitrogens with zero attached hydrogens (tertiary/aromatic N) is 2. The van der Waals surface area contributed by atoms with Gasteiger partial charge in [0.05, 0.1) is 0 Å². The molecule has 0 aliphatic carbocycles. The number of anilines is 1. The van der Waals surface area contributed by atoms with Gasteiger partial charge in [-0.1, -0.05) is 6.07 Å². The molecule has 54 valence electrons. The third kappa shape index (κ3) is 1.37. The van der Waals surface area contributed by atoms with Crippen molar-refractivity contribution in [2.24, 2.45) is 0 Å². The van der Waals surface area contributed by atoms with Crippen LogP contribution in [0.1, 0.15) is 0 Å². The molecule has 1 rings (SSSR count). The molecule has 3 heteroatoms. The van der Waals surface area contributed by atoms with Crippen LogP contribution < -0.4 is 4.90 Å². The van der Waals surface area contributed by atoms with Crippen molar-refractivity contribution in [3.63, 3.8) is 0 Å². The molecule has 10 heavy (non-hydrogen) atoms. The molecule has 0 spiro atoms. The molecule has 0 saturated carbocycles. The largest absolute Gasteiger partial charge is 0.493 e. The van der Waals surface area contributed by atoms with Gasteiger partial charge in [-0.3, -0.25) is 0 Å². The van der Waals surface area contributed by atoms with Crippen molar-refractivity contribution in [1.29, 1.82) is 0 Å². The molecule has 0 saturated heterocycles. The zero-order chi connectivity index (χ0) is 7.56. The summed E-state index contributed by atoms with van der Waals surface area (Å²) in [5.74, 6) is 0.825. The summed E-state index contributed by atoms with van der Waals surface area (Å²) >= 11 is 0. The van der Waals surface area contributed by atoms with Gasteiger partial charge in [-0.2, -0.15) is 4.98 Å². The smallest absolute Gasteiger partial charge is 0.212 e. The molecule has 3 nitrogen and oxygen atoms in total. The average Bonchev–Trinajstić information content (AvgIpc) is 1.88. The quantitative estimate of drug-likeness (QED) is 0.625. The van der Waals surface area contributed by atoms with E-state index in [1.807, 2.05) is 25.1 Å². The van der Waals surface area contributed by atoms with Crippen molar-refractivity contribution >= 4 is 5.82 Å². The molecule has 1 heterocycles. The van der Waals surface area contributed by atoms with Crippen molar-refractivity contribution in [1.82, 2.24) is 4.98 Å². The SMILES string of the molecule is CN(C)c1cccc(O)n1. The molecule has 0 fully saturated rings. The third-order valence-electron chi connectivity index (χ3n) is 1.18. The van der Waals surface area contributed by atoms with E-state index < -0.39 is 0 Å². The van der Waals surface area contributed by atoms with Crippen LogP contribution in [-0.2, 0) is 0 Å². The normalized spacial score (nSPS) is 9.40. The van der Waals surface area contributed by atoms with Gasteiger partial charge >= 0.3 is 0 Å². The highest BCUT2D eigenvalue weighted by Crippen LogP contribution is 2.10. The van der Waals surface area contributed by atoms with Crippen LogP contribution in [0.25, 0.3) is 0 Å². The molecule has 1 aromatic heterocycles. The third-order valence-corrected chi connectivity index (χ3v) is 1.18. The van der Waals surface area contributed by atoms with Crippen molar-refractivity contribution in [3.05, 3.63) is 18.2 Å². The average molecular weight is 138 g/mol. The lowest BCUT2D eigenvalue weighted by molar-refractivity contribution is 0.453. The molecule has 0 aromatic carbocycles. The fraction of sp³-hybridized carbons (Fsp3) is 0.286. The standard InChI is InChI=1S/C7H10N2O/c1-9(2)6-4-3-5-7(10)8-6/h3-5H,1-2H3,(H,8,10). The molecular weight excluding hydrogens is 128 g/mol. The molecule has 0 amide bonds. The first kappa shape index (κ1) is 6.86. The molecule has 0 unspecified atom stereocenters. The van der Waals surface area contributed by atoms with Crippen molar-refractivity contribution in [2.75, 3.05) is 19.0 Å². The predicted octanol–water partition coefficient (Wildman–Crippen LogP) is 0.853. The number of aromatic hydroxyl groups is 1. The summed E-state index contributed by atoms with van der Waals surface area (Å²) in [6.07, 6.45) is 0. The molecule has 0 aliphatic heterocycles. The minimum Gasteiger partial charge on any atom is -0.493 e. The lowest BCUT2D eigenvalue weighted by atomic mass is 10.4. The van der Waals surface area contributed by atoms with E-state index in [-0.39, 0.29) is 5.88 Å². The van der Waals surface area contributed by atoms with Crippen LogP contribution in [-0.4, -0.2) is 24.2 Å². The maximum Gasteiger partial charge on any atom is 0.212 e. The van der Waals surface area contributed by atoms with Gasteiger partial charge in [0.2, 0.25) is 5.88 Å². The van der Waals surface area contributed by atoms with Gasteiger partial charge in [0.1, 0.15) is 5.82 Å². The van der Waals surface area contributed by atoms with Gasteiger partial charge in [-0.15, -0.1) is 0 Å². The topological polar surface area (TPSA) is 36.4 Å². The molecule has 0 atom stereocenters. The maximum atomic E-state index is 8.92. The Balaban J connectivity index is 2.96. The zero-order valence-electron chi connectivity index (χ0n) is 6.07. The second-order valence-electron chi connectivity index (χ2n) is 2.25. The van der Waals surface area contributed by atoms with Crippen LogP contribution in [0.2, 0.25) is 0 Å². The van der Waals surface area contributed by atoms with Gasteiger partial charge < -0.3 is 10.0 Å². The van der Waals surface area contributed by atoms with Gasteiger partial charge in [0, 0.05) is 20.2 Å². The van der Waals surface area contributed by atoms with Gasteiger partial charge in [-0.05, 0) is 6.07 Å². The van der Waals surface area contributed by atoms with Gasteiger partial charge in [0.15, 0.2) is 0 Å². The second kappa shape index (κ2) is 2.56. The van der Waals surface area contributed by atoms with E-state index in [9.17, 15) is 0 Å². The maximum absolute atomic E-state index is 8.92. The van der Waals surface area contributed by atoms with E-state index in [4.69, 9.17) is 5.11 Å². The highest BCUT2D eigenvalue weighted by Gasteiger charge is 1.95. The van der Waals surface area contributed by atoms with Crippen LogP contribution in [0, 0.1) is 0 Å². The fourth-order valence-electron chi connectivity index (χ4n) is 0.661. The summed E-state index contributed by atoms with van der Waals surface area (Å²) in [5, 5.41) is 8.92. The Hall–Kier alpha value is -1.25. The Morgan fingerprint density at radius 1 is 1.40 bits per heavy atom. The number of hydrogen-bond acceptors (Lipinski definition) is 3. The lowest BCUT2D eigenvalue weighted by Crippen LogP contribution is -2.09. The summed E-state index contributed by atoms with van der Waals surface area (Å²) in [4.78, 5) is 5.69. The predicted molar refractivity (Wildman–Crippen MR) is 40.2 cm³/mol. The Bertz CT molecular complexity index is 223. The van der Waals surface area contributed by atoms with E-state index in [1.165, 1.54) is 0 Å². The number of aromatic nitrogens is 1. The molecule has 0 aliphatic rings. The summed E-state index contributed by atoms with van der Waals surface area (Å²) < 4.78 is 0. The lowest BCUT2D eigenvalue weighted by Gasteiger charge is -2.09. The molecule has 1 aromatic rings. The first-order valence-electron chi connectivity index (χ1n) is 3.03. The van der Waals surface area contributed by atoms with E-state index in [2.05, 4.69) is 4.98 Å². The summed E-state index contributed by atoms with van der Waals surface area (Å²) in [6, 6.07) is 5.14. The summed E-state index contributed by atoms with van der Waals surface area (Å²) in [5.41, 5.74) is 0. The van der Waals surface area contributed by atoms with Crippen LogP contribution in [0.5, 0.6) is 5.88 Å². The monoisotopic (exact) mass is 138 g/mol. The van der Waals surface area contributed by atoms with E-state index in [1.54, 1.807) is 12.1 Å². The van der Waals surface area contributed by atoms with E-state index in [0.717, 1.165) is 5.82 Å².